The zero-order chi connectivity index (χ0) is 10.6. The third kappa shape index (κ3) is 2.87. The van der Waals surface area contributed by atoms with E-state index in [4.69, 9.17) is 9.52 Å². The van der Waals surface area contributed by atoms with Crippen LogP contribution in [0.3, 0.4) is 0 Å². The van der Waals surface area contributed by atoms with Crippen molar-refractivity contribution in [2.45, 2.75) is 6.61 Å². The van der Waals surface area contributed by atoms with E-state index in [0.717, 1.165) is 0 Å². The number of aliphatic carboxylic acids is 1. The second-order valence-corrected chi connectivity index (χ2v) is 2.38. The van der Waals surface area contributed by atoms with E-state index in [9.17, 15) is 14.9 Å². The summed E-state index contributed by atoms with van der Waals surface area (Å²) < 4.78 is 9.37. The fourth-order valence-corrected chi connectivity index (χ4v) is 0.781. The average molecular weight is 201 g/mol. The number of nitro groups is 1. The smallest absolute Gasteiger partial charge is 0.433 e. The minimum atomic E-state index is -1.11. The van der Waals surface area contributed by atoms with Crippen LogP contribution in [0, 0.1) is 10.1 Å². The second kappa shape index (κ2) is 4.38. The molecule has 1 heterocycles. The van der Waals surface area contributed by atoms with Gasteiger partial charge in [-0.1, -0.05) is 0 Å². The van der Waals surface area contributed by atoms with Crippen LogP contribution in [0.4, 0.5) is 5.88 Å². The lowest BCUT2D eigenvalue weighted by molar-refractivity contribution is -0.402. The lowest BCUT2D eigenvalue weighted by Gasteiger charge is -1.95. The van der Waals surface area contributed by atoms with E-state index in [1.807, 2.05) is 0 Å². The molecule has 0 aliphatic carbocycles. The molecule has 0 radical (unpaired) electrons. The molecule has 14 heavy (non-hydrogen) atoms. The monoisotopic (exact) mass is 201 g/mol. The zero-order valence-corrected chi connectivity index (χ0v) is 7.00. The molecular weight excluding hydrogens is 194 g/mol. The van der Waals surface area contributed by atoms with Crippen molar-refractivity contribution in [3.63, 3.8) is 0 Å². The van der Waals surface area contributed by atoms with E-state index < -0.39 is 17.5 Å². The fraction of sp³-hybridized carbons (Fsp3) is 0.286. The average Bonchev–Trinajstić information content (AvgIpc) is 2.52. The highest BCUT2D eigenvalue weighted by molar-refractivity contribution is 5.67. The SMILES string of the molecule is O=C(O)COCc1ccc([N+](=O)[O-])o1. The Hall–Kier alpha value is -1.89. The number of rotatable bonds is 5. The Morgan fingerprint density at radius 1 is 1.64 bits per heavy atom. The van der Waals surface area contributed by atoms with E-state index >= 15 is 0 Å². The second-order valence-electron chi connectivity index (χ2n) is 2.38. The number of carboxylic acid groups (broad SMARTS) is 1. The number of nitrogens with zero attached hydrogens (tertiary/aromatic N) is 1. The third-order valence-electron chi connectivity index (χ3n) is 1.30. The Bertz CT molecular complexity index is 344. The Balaban J connectivity index is 2.44. The molecule has 0 aromatic carbocycles. The molecule has 1 N–H and O–H groups in total. The van der Waals surface area contributed by atoms with Crippen LogP contribution in [0.1, 0.15) is 5.76 Å². The Morgan fingerprint density at radius 2 is 2.36 bits per heavy atom. The van der Waals surface area contributed by atoms with Gasteiger partial charge in [0.2, 0.25) is 0 Å². The molecule has 0 aliphatic rings. The number of furan rings is 1. The maximum Gasteiger partial charge on any atom is 0.433 e. The summed E-state index contributed by atoms with van der Waals surface area (Å²) in [6, 6.07) is 2.54. The summed E-state index contributed by atoms with van der Waals surface area (Å²) >= 11 is 0. The molecule has 0 unspecified atom stereocenters. The third-order valence-corrected chi connectivity index (χ3v) is 1.30. The van der Waals surface area contributed by atoms with Crippen LogP contribution < -0.4 is 0 Å². The van der Waals surface area contributed by atoms with Crippen LogP contribution in [0.15, 0.2) is 16.5 Å². The summed E-state index contributed by atoms with van der Waals surface area (Å²) in [5.41, 5.74) is 0. The van der Waals surface area contributed by atoms with Crippen LogP contribution in [-0.4, -0.2) is 22.6 Å². The van der Waals surface area contributed by atoms with E-state index in [1.165, 1.54) is 12.1 Å². The van der Waals surface area contributed by atoms with Gasteiger partial charge in [-0.2, -0.15) is 0 Å². The number of ether oxygens (including phenoxy) is 1. The molecular formula is C7H7NO6. The molecule has 0 atom stereocenters. The van der Waals surface area contributed by atoms with Gasteiger partial charge in [0.15, 0.2) is 0 Å². The van der Waals surface area contributed by atoms with Crippen molar-refractivity contribution in [1.82, 2.24) is 0 Å². The van der Waals surface area contributed by atoms with Crippen molar-refractivity contribution >= 4 is 11.9 Å². The van der Waals surface area contributed by atoms with Gasteiger partial charge in [0.05, 0.1) is 6.07 Å². The lowest BCUT2D eigenvalue weighted by atomic mass is 10.5. The summed E-state index contributed by atoms with van der Waals surface area (Å²) in [5, 5.41) is 18.4. The molecule has 7 heteroatoms. The van der Waals surface area contributed by atoms with Crippen LogP contribution in [0.25, 0.3) is 0 Å². The minimum absolute atomic E-state index is 0.0971. The fourth-order valence-electron chi connectivity index (χ4n) is 0.781. The molecule has 0 saturated heterocycles. The molecule has 0 spiro atoms. The summed E-state index contributed by atoms with van der Waals surface area (Å²) in [7, 11) is 0. The number of carboxylic acids is 1. The summed E-state index contributed by atoms with van der Waals surface area (Å²) in [5.74, 6) is -1.28. The van der Waals surface area contributed by atoms with Gasteiger partial charge in [-0.25, -0.2) is 4.79 Å². The van der Waals surface area contributed by atoms with Crippen LogP contribution in [-0.2, 0) is 16.1 Å². The maximum atomic E-state index is 10.2. The van der Waals surface area contributed by atoms with Crippen LogP contribution in [0.5, 0.6) is 0 Å². The summed E-state index contributed by atoms with van der Waals surface area (Å²) in [4.78, 5) is 19.5. The Kier molecular flexibility index (Phi) is 3.19. The van der Waals surface area contributed by atoms with Gasteiger partial charge in [-0.3, -0.25) is 10.1 Å². The molecule has 0 saturated carbocycles. The molecule has 0 amide bonds. The quantitative estimate of drug-likeness (QED) is 0.557. The van der Waals surface area contributed by atoms with Crippen LogP contribution in [0.2, 0.25) is 0 Å². The van der Waals surface area contributed by atoms with Crippen LogP contribution >= 0.6 is 0 Å². The van der Waals surface area contributed by atoms with E-state index in [2.05, 4.69) is 4.74 Å². The topological polar surface area (TPSA) is 103 Å². The maximum absolute atomic E-state index is 10.2. The van der Waals surface area contributed by atoms with Gasteiger partial charge < -0.3 is 14.3 Å². The largest absolute Gasteiger partial charge is 0.480 e. The predicted molar refractivity (Wildman–Crippen MR) is 42.7 cm³/mol. The van der Waals surface area contributed by atoms with Gasteiger partial charge in [0.1, 0.15) is 23.9 Å². The molecule has 1 aromatic heterocycles. The van der Waals surface area contributed by atoms with Crippen molar-refractivity contribution in [2.75, 3.05) is 6.61 Å². The first kappa shape index (κ1) is 10.2. The molecule has 1 rings (SSSR count). The number of carbonyl (C=O) groups is 1. The normalized spacial score (nSPS) is 10.0. The highest BCUT2D eigenvalue weighted by Gasteiger charge is 2.11. The van der Waals surface area contributed by atoms with Gasteiger partial charge in [-0.05, 0) is 6.07 Å². The first-order valence-corrected chi connectivity index (χ1v) is 3.62. The van der Waals surface area contributed by atoms with Crippen molar-refractivity contribution in [3.05, 3.63) is 28.0 Å². The lowest BCUT2D eigenvalue weighted by Crippen LogP contribution is -2.06. The predicted octanol–water partition coefficient (Wildman–Crippen LogP) is 0.789. The van der Waals surface area contributed by atoms with E-state index in [-0.39, 0.29) is 18.3 Å². The minimum Gasteiger partial charge on any atom is -0.480 e. The van der Waals surface area contributed by atoms with Gasteiger partial charge >= 0.3 is 11.9 Å². The standard InChI is InChI=1S/C7H7NO6/c9-7(10)4-13-3-5-1-2-6(14-5)8(11)12/h1-2H,3-4H2,(H,9,10). The van der Waals surface area contributed by atoms with Crippen molar-refractivity contribution in [1.29, 1.82) is 0 Å². The molecule has 76 valence electrons. The molecule has 0 fully saturated rings. The Labute approximate surface area is 78.0 Å². The van der Waals surface area contributed by atoms with E-state index in [0.29, 0.717) is 0 Å². The first-order chi connectivity index (χ1) is 6.59. The van der Waals surface area contributed by atoms with Gasteiger partial charge in [-0.15, -0.1) is 0 Å². The number of hydrogen-bond donors (Lipinski definition) is 1. The van der Waals surface area contributed by atoms with Crippen molar-refractivity contribution in [3.8, 4) is 0 Å². The molecule has 0 aliphatic heterocycles. The van der Waals surface area contributed by atoms with E-state index in [1.54, 1.807) is 0 Å². The first-order valence-electron chi connectivity index (χ1n) is 3.62. The van der Waals surface area contributed by atoms with Gasteiger partial charge in [0, 0.05) is 0 Å². The molecule has 1 aromatic rings. The Morgan fingerprint density at radius 3 is 2.86 bits per heavy atom. The number of hydrogen-bond acceptors (Lipinski definition) is 5. The molecule has 0 bridgehead atoms. The summed E-state index contributed by atoms with van der Waals surface area (Å²) in [6.45, 7) is -0.561. The molecule has 7 nitrogen and oxygen atoms in total. The highest BCUT2D eigenvalue weighted by Crippen LogP contribution is 2.15. The van der Waals surface area contributed by atoms with Crippen molar-refractivity contribution in [2.24, 2.45) is 0 Å². The zero-order valence-electron chi connectivity index (χ0n) is 7.00. The van der Waals surface area contributed by atoms with Gasteiger partial charge in [0.25, 0.3) is 0 Å². The summed E-state index contributed by atoms with van der Waals surface area (Å²) in [6.07, 6.45) is 0. The van der Waals surface area contributed by atoms with Crippen molar-refractivity contribution < 1.29 is 24.0 Å². The highest BCUT2D eigenvalue weighted by atomic mass is 16.6.